The number of benzene rings is 1. The van der Waals surface area contributed by atoms with Crippen LogP contribution in [0.25, 0.3) is 12.2 Å². The summed E-state index contributed by atoms with van der Waals surface area (Å²) in [5, 5.41) is 18.4. The molecule has 5 heteroatoms. The van der Waals surface area contributed by atoms with E-state index in [9.17, 15) is 9.90 Å². The number of rotatable bonds is 5. The molecule has 1 aromatic carbocycles. The fraction of sp³-hybridized carbons (Fsp3) is 0.188. The first-order valence-electron chi connectivity index (χ1n) is 6.37. The van der Waals surface area contributed by atoms with Gasteiger partial charge in [-0.15, -0.1) is 0 Å². The van der Waals surface area contributed by atoms with Gasteiger partial charge < -0.3 is 19.4 Å². The molecule has 0 aliphatic carbocycles. The third-order valence-electron chi connectivity index (χ3n) is 3.01. The van der Waals surface area contributed by atoms with E-state index < -0.39 is 5.63 Å². The normalized spacial score (nSPS) is 11.0. The summed E-state index contributed by atoms with van der Waals surface area (Å²) in [6.45, 7) is -0.267. The smallest absolute Gasteiger partial charge is 0.339 e. The molecule has 2 N–H and O–H groups in total. The zero-order valence-corrected chi connectivity index (χ0v) is 11.6. The summed E-state index contributed by atoms with van der Waals surface area (Å²) < 4.78 is 10.0. The van der Waals surface area contributed by atoms with Gasteiger partial charge in [-0.2, -0.15) is 0 Å². The van der Waals surface area contributed by atoms with E-state index in [2.05, 4.69) is 0 Å². The van der Waals surface area contributed by atoms with E-state index in [0.717, 1.165) is 5.56 Å². The number of aliphatic hydroxyl groups is 2. The fourth-order valence-electron chi connectivity index (χ4n) is 1.90. The number of hydrogen-bond acceptors (Lipinski definition) is 5. The molecule has 110 valence electrons. The Morgan fingerprint density at radius 1 is 1.10 bits per heavy atom. The van der Waals surface area contributed by atoms with Crippen LogP contribution < -0.4 is 10.4 Å². The van der Waals surface area contributed by atoms with Gasteiger partial charge in [0.15, 0.2) is 0 Å². The van der Waals surface area contributed by atoms with Crippen molar-refractivity contribution in [3.8, 4) is 5.75 Å². The fourth-order valence-corrected chi connectivity index (χ4v) is 1.90. The lowest BCUT2D eigenvalue weighted by molar-refractivity contribution is 0.260. The maximum absolute atomic E-state index is 11.3. The molecule has 0 fully saturated rings. The van der Waals surface area contributed by atoms with Crippen molar-refractivity contribution in [3.05, 3.63) is 63.2 Å². The highest BCUT2D eigenvalue weighted by atomic mass is 16.5. The molecule has 0 spiro atoms. The van der Waals surface area contributed by atoms with Gasteiger partial charge in [0.1, 0.15) is 11.5 Å². The minimum absolute atomic E-state index is 0.120. The highest BCUT2D eigenvalue weighted by Crippen LogP contribution is 2.16. The van der Waals surface area contributed by atoms with Crippen LogP contribution in [-0.4, -0.2) is 17.3 Å². The number of hydrogen-bond donors (Lipinski definition) is 2. The van der Waals surface area contributed by atoms with E-state index in [4.69, 9.17) is 14.3 Å². The molecule has 0 atom stereocenters. The molecule has 1 aromatic heterocycles. The molecule has 2 rings (SSSR count). The zero-order chi connectivity index (χ0) is 15.2. The van der Waals surface area contributed by atoms with Gasteiger partial charge in [-0.05, 0) is 28.8 Å². The standard InChI is InChI=1S/C16H16O5/c1-20-15-7-14(21-16(19)8-15)5-3-11-2-4-12(9-17)13(6-11)10-18/h2-8,17-18H,9-10H2,1H3/b5-3+. The van der Waals surface area contributed by atoms with E-state index in [1.165, 1.54) is 13.2 Å². The topological polar surface area (TPSA) is 79.9 Å². The van der Waals surface area contributed by atoms with Gasteiger partial charge in [0, 0.05) is 6.07 Å². The second-order valence-corrected chi connectivity index (χ2v) is 4.40. The Morgan fingerprint density at radius 2 is 1.86 bits per heavy atom. The predicted molar refractivity (Wildman–Crippen MR) is 78.7 cm³/mol. The Kier molecular flexibility index (Phi) is 4.92. The van der Waals surface area contributed by atoms with E-state index >= 15 is 0 Å². The first-order chi connectivity index (χ1) is 10.2. The molecule has 2 aromatic rings. The Bertz CT molecular complexity index is 700. The van der Waals surface area contributed by atoms with Crippen LogP contribution in [0.1, 0.15) is 22.5 Å². The van der Waals surface area contributed by atoms with Crippen LogP contribution in [-0.2, 0) is 13.2 Å². The molecule has 0 saturated carbocycles. The van der Waals surface area contributed by atoms with Crippen molar-refractivity contribution in [1.29, 1.82) is 0 Å². The average molecular weight is 288 g/mol. The van der Waals surface area contributed by atoms with Crippen LogP contribution in [0.2, 0.25) is 0 Å². The van der Waals surface area contributed by atoms with Gasteiger partial charge in [-0.3, -0.25) is 0 Å². The van der Waals surface area contributed by atoms with Gasteiger partial charge in [-0.25, -0.2) is 4.79 Å². The van der Waals surface area contributed by atoms with E-state index in [0.29, 0.717) is 22.6 Å². The highest BCUT2D eigenvalue weighted by Gasteiger charge is 2.02. The van der Waals surface area contributed by atoms with Crippen LogP contribution in [0.15, 0.2) is 39.5 Å². The number of methoxy groups -OCH3 is 1. The Labute approximate surface area is 121 Å². The third kappa shape index (κ3) is 3.81. The van der Waals surface area contributed by atoms with Gasteiger partial charge in [0.05, 0.1) is 26.4 Å². The lowest BCUT2D eigenvalue weighted by Crippen LogP contribution is -1.98. The van der Waals surface area contributed by atoms with Gasteiger partial charge in [0.25, 0.3) is 0 Å². The van der Waals surface area contributed by atoms with Crippen molar-refractivity contribution in [1.82, 2.24) is 0 Å². The molecule has 1 heterocycles. The van der Waals surface area contributed by atoms with Crippen LogP contribution >= 0.6 is 0 Å². The van der Waals surface area contributed by atoms with E-state index in [1.807, 2.05) is 0 Å². The lowest BCUT2D eigenvalue weighted by atomic mass is 10.0. The summed E-state index contributed by atoms with van der Waals surface area (Å²) in [4.78, 5) is 11.3. The molecule has 0 aliphatic heterocycles. The summed E-state index contributed by atoms with van der Waals surface area (Å²) in [6.07, 6.45) is 3.39. The molecule has 21 heavy (non-hydrogen) atoms. The number of aliphatic hydroxyl groups excluding tert-OH is 2. The van der Waals surface area contributed by atoms with Crippen LogP contribution in [0, 0.1) is 0 Å². The van der Waals surface area contributed by atoms with Crippen molar-refractivity contribution in [3.63, 3.8) is 0 Å². The maximum atomic E-state index is 11.3. The second kappa shape index (κ2) is 6.88. The Hall–Kier alpha value is -2.37. The molecule has 5 nitrogen and oxygen atoms in total. The van der Waals surface area contributed by atoms with Gasteiger partial charge in [-0.1, -0.05) is 18.2 Å². The highest BCUT2D eigenvalue weighted by molar-refractivity contribution is 5.68. The summed E-state index contributed by atoms with van der Waals surface area (Å²) in [6, 6.07) is 8.18. The van der Waals surface area contributed by atoms with Gasteiger partial charge in [0.2, 0.25) is 0 Å². The van der Waals surface area contributed by atoms with Crippen molar-refractivity contribution in [2.24, 2.45) is 0 Å². The van der Waals surface area contributed by atoms with Crippen molar-refractivity contribution < 1.29 is 19.4 Å². The number of ether oxygens (including phenoxy) is 1. The molecule has 0 unspecified atom stereocenters. The summed E-state index contributed by atoms with van der Waals surface area (Å²) in [7, 11) is 1.48. The first-order valence-corrected chi connectivity index (χ1v) is 6.37. The Balaban J connectivity index is 2.29. The lowest BCUT2D eigenvalue weighted by Gasteiger charge is -2.05. The molecule has 0 radical (unpaired) electrons. The van der Waals surface area contributed by atoms with E-state index in [1.54, 1.807) is 36.4 Å². The monoisotopic (exact) mass is 288 g/mol. The third-order valence-corrected chi connectivity index (χ3v) is 3.01. The minimum Gasteiger partial charge on any atom is -0.496 e. The molecule has 0 bridgehead atoms. The maximum Gasteiger partial charge on any atom is 0.339 e. The summed E-state index contributed by atoms with van der Waals surface area (Å²) in [5.74, 6) is 0.800. The molecular weight excluding hydrogens is 272 g/mol. The van der Waals surface area contributed by atoms with Crippen LogP contribution in [0.3, 0.4) is 0 Å². The van der Waals surface area contributed by atoms with Crippen molar-refractivity contribution in [2.45, 2.75) is 13.2 Å². The zero-order valence-electron chi connectivity index (χ0n) is 11.6. The molecule has 0 saturated heterocycles. The predicted octanol–water partition coefficient (Wildman–Crippen LogP) is 1.80. The first kappa shape index (κ1) is 15.0. The SMILES string of the molecule is COc1cc(/C=C/c2ccc(CO)c(CO)c2)oc(=O)c1. The Morgan fingerprint density at radius 3 is 2.52 bits per heavy atom. The quantitative estimate of drug-likeness (QED) is 0.877. The van der Waals surface area contributed by atoms with E-state index in [-0.39, 0.29) is 13.2 Å². The summed E-state index contributed by atoms with van der Waals surface area (Å²) >= 11 is 0. The van der Waals surface area contributed by atoms with Crippen molar-refractivity contribution in [2.75, 3.05) is 7.11 Å². The second-order valence-electron chi connectivity index (χ2n) is 4.40. The van der Waals surface area contributed by atoms with Gasteiger partial charge >= 0.3 is 5.63 Å². The minimum atomic E-state index is -0.485. The molecule has 0 amide bonds. The largest absolute Gasteiger partial charge is 0.496 e. The summed E-state index contributed by atoms with van der Waals surface area (Å²) in [5.41, 5.74) is 1.68. The van der Waals surface area contributed by atoms with Crippen LogP contribution in [0.4, 0.5) is 0 Å². The van der Waals surface area contributed by atoms with Crippen LogP contribution in [0.5, 0.6) is 5.75 Å². The molecule has 0 aliphatic rings. The van der Waals surface area contributed by atoms with Crippen molar-refractivity contribution >= 4 is 12.2 Å². The molecular formula is C16H16O5. The average Bonchev–Trinajstić information content (AvgIpc) is 2.52.